The number of nitrogens with one attached hydrogen (secondary N) is 3. The number of hydrogen-bond donors (Lipinski definition) is 4. The van der Waals surface area contributed by atoms with Gasteiger partial charge in [-0.25, -0.2) is 9.37 Å². The number of aliphatic hydroxyl groups excluding tert-OH is 1. The first-order chi connectivity index (χ1) is 16.6. The Hall–Kier alpha value is -2.97. The zero-order chi connectivity index (χ0) is 24.4. The van der Waals surface area contributed by atoms with Gasteiger partial charge in [0.1, 0.15) is 11.8 Å². The molecule has 7 rings (SSSR count). The molecule has 2 bridgehead atoms. The molecule has 14 heteroatoms. The molecule has 0 radical (unpaired) electrons. The minimum atomic E-state index is -4.86. The van der Waals surface area contributed by atoms with E-state index in [1.54, 1.807) is 6.07 Å². The summed E-state index contributed by atoms with van der Waals surface area (Å²) in [5, 5.41) is 23.2. The quantitative estimate of drug-likeness (QED) is 0.277. The van der Waals surface area contributed by atoms with Gasteiger partial charge in [-0.1, -0.05) is 0 Å². The largest absolute Gasteiger partial charge is 0.574 e. The number of halogens is 4. The van der Waals surface area contributed by atoms with Crippen LogP contribution in [0.5, 0.6) is 5.88 Å². The van der Waals surface area contributed by atoms with Crippen molar-refractivity contribution in [3.63, 3.8) is 0 Å². The van der Waals surface area contributed by atoms with E-state index in [1.807, 2.05) is 0 Å². The van der Waals surface area contributed by atoms with Crippen molar-refractivity contribution in [2.75, 3.05) is 5.32 Å². The fourth-order valence-corrected chi connectivity index (χ4v) is 5.34. The van der Waals surface area contributed by atoms with Gasteiger partial charge in [0.15, 0.2) is 5.82 Å². The van der Waals surface area contributed by atoms with Crippen molar-refractivity contribution in [2.24, 2.45) is 5.92 Å². The standard InChI is InChI=1S/C21H23F4N7O3/c22-12-3-11(4-14(12)34-19(33)29-20-6-10(7-20)8-20)13-5-15(31-30-13)27-18-26-2-1-16-28-17(9-32(16)18)35-21(23,24)25/h1-2,5,9-12,14,19,29,33H,3-4,6-8H2,(H2,26,27,30,31)/t10?,11-,12+,14-,19?,20?/m0/s1. The van der Waals surface area contributed by atoms with Gasteiger partial charge in [0.2, 0.25) is 18.2 Å². The Labute approximate surface area is 196 Å². The van der Waals surface area contributed by atoms with Crippen LogP contribution in [-0.2, 0) is 4.74 Å². The summed E-state index contributed by atoms with van der Waals surface area (Å²) in [6.45, 7) is 0. The van der Waals surface area contributed by atoms with Gasteiger partial charge in [0.25, 0.3) is 0 Å². The van der Waals surface area contributed by atoms with Gasteiger partial charge in [-0.15, -0.1) is 13.2 Å². The van der Waals surface area contributed by atoms with Gasteiger partial charge in [0.05, 0.1) is 12.3 Å². The van der Waals surface area contributed by atoms with Crippen molar-refractivity contribution >= 4 is 17.4 Å². The molecule has 4 aliphatic carbocycles. The molecular weight excluding hydrogens is 474 g/mol. The lowest BCUT2D eigenvalue weighted by Crippen LogP contribution is -2.69. The van der Waals surface area contributed by atoms with Crippen molar-refractivity contribution < 1.29 is 32.1 Å². The third kappa shape index (κ3) is 4.41. The van der Waals surface area contributed by atoms with Crippen LogP contribution >= 0.6 is 0 Å². The lowest BCUT2D eigenvalue weighted by molar-refractivity contribution is -0.276. The third-order valence-electron chi connectivity index (χ3n) is 7.06. The van der Waals surface area contributed by atoms with Crippen LogP contribution in [-0.4, -0.2) is 60.3 Å². The average Bonchev–Trinajstić information content (AvgIpc) is 3.42. The van der Waals surface area contributed by atoms with Crippen molar-refractivity contribution in [1.29, 1.82) is 0 Å². The molecule has 4 saturated carbocycles. The molecule has 3 aromatic heterocycles. The van der Waals surface area contributed by atoms with Crippen LogP contribution in [0.25, 0.3) is 5.65 Å². The predicted molar refractivity (Wildman–Crippen MR) is 112 cm³/mol. The number of imidazole rings is 1. The highest BCUT2D eigenvalue weighted by atomic mass is 19.4. The van der Waals surface area contributed by atoms with Gasteiger partial charge >= 0.3 is 6.36 Å². The van der Waals surface area contributed by atoms with Crippen LogP contribution in [0.15, 0.2) is 24.5 Å². The van der Waals surface area contributed by atoms with Gasteiger partial charge in [0, 0.05) is 29.4 Å². The Morgan fingerprint density at radius 2 is 2.06 bits per heavy atom. The molecule has 35 heavy (non-hydrogen) atoms. The van der Waals surface area contributed by atoms with Gasteiger partial charge in [-0.05, 0) is 44.1 Å². The number of alkyl halides is 4. The first-order valence-electron chi connectivity index (χ1n) is 11.3. The zero-order valence-electron chi connectivity index (χ0n) is 18.3. The van der Waals surface area contributed by atoms with E-state index >= 15 is 0 Å². The molecule has 3 aromatic rings. The number of hydrogen-bond acceptors (Lipinski definition) is 8. The number of anilines is 2. The first-order valence-corrected chi connectivity index (χ1v) is 11.3. The first kappa shape index (κ1) is 22.5. The van der Waals surface area contributed by atoms with Crippen LogP contribution in [0.1, 0.15) is 43.7 Å². The fraction of sp³-hybridized carbons (Fsp3) is 0.571. The molecule has 4 fully saturated rings. The molecule has 4 N–H and O–H groups in total. The SMILES string of the molecule is OC(NC12CC(C1)C2)O[C@H]1C[C@@H](c2cc(Nc3nccc4nc(OC(F)(F)F)cn34)n[nH]2)C[C@H]1F. The molecule has 0 saturated heterocycles. The van der Waals surface area contributed by atoms with E-state index in [-0.39, 0.29) is 29.5 Å². The maximum absolute atomic E-state index is 14.6. The summed E-state index contributed by atoms with van der Waals surface area (Å²) in [4.78, 5) is 7.90. The Morgan fingerprint density at radius 1 is 1.26 bits per heavy atom. The number of aromatic amines is 1. The number of ether oxygens (including phenoxy) is 2. The number of nitrogens with zero attached hydrogens (tertiary/aromatic N) is 4. The second-order valence-electron chi connectivity index (χ2n) is 9.57. The van der Waals surface area contributed by atoms with E-state index in [1.165, 1.54) is 16.7 Å². The van der Waals surface area contributed by atoms with Crippen molar-refractivity contribution in [3.8, 4) is 5.88 Å². The second kappa shape index (κ2) is 8.03. The Bertz CT molecular complexity index is 1210. The van der Waals surface area contributed by atoms with Crippen LogP contribution in [0.3, 0.4) is 0 Å². The Morgan fingerprint density at radius 3 is 2.77 bits per heavy atom. The normalized spacial score (nSPS) is 30.7. The Balaban J connectivity index is 1.10. The van der Waals surface area contributed by atoms with E-state index in [2.05, 4.69) is 35.5 Å². The number of rotatable bonds is 8. The minimum absolute atomic E-state index is 0.0381. The molecule has 4 aliphatic rings. The second-order valence-corrected chi connectivity index (χ2v) is 9.57. The fourth-order valence-electron chi connectivity index (χ4n) is 5.34. The highest BCUT2D eigenvalue weighted by Gasteiger charge is 2.57. The number of aromatic nitrogens is 5. The number of aliphatic hydroxyl groups is 1. The summed E-state index contributed by atoms with van der Waals surface area (Å²) in [5.74, 6) is 0.437. The van der Waals surface area contributed by atoms with Crippen LogP contribution in [0.4, 0.5) is 29.3 Å². The van der Waals surface area contributed by atoms with E-state index in [0.717, 1.165) is 31.4 Å². The molecule has 0 spiro atoms. The molecule has 1 unspecified atom stereocenters. The predicted octanol–water partition coefficient (Wildman–Crippen LogP) is 3.11. The lowest BCUT2D eigenvalue weighted by atomic mass is 9.50. The number of fused-ring (bicyclic) bond motifs is 1. The summed E-state index contributed by atoms with van der Waals surface area (Å²) in [5.41, 5.74) is 0.825. The molecule has 3 heterocycles. The van der Waals surface area contributed by atoms with Crippen LogP contribution in [0.2, 0.25) is 0 Å². The van der Waals surface area contributed by atoms with Gasteiger partial charge < -0.3 is 19.9 Å². The van der Waals surface area contributed by atoms with Crippen molar-refractivity contribution in [1.82, 2.24) is 29.9 Å². The zero-order valence-corrected chi connectivity index (χ0v) is 18.3. The molecule has 0 aliphatic heterocycles. The van der Waals surface area contributed by atoms with Gasteiger partial charge in [-0.2, -0.15) is 10.1 Å². The number of H-pyrrole nitrogens is 1. The minimum Gasteiger partial charge on any atom is -0.386 e. The van der Waals surface area contributed by atoms with Gasteiger partial charge in [-0.3, -0.25) is 14.8 Å². The summed E-state index contributed by atoms with van der Waals surface area (Å²) in [6.07, 6.45) is -1.95. The summed E-state index contributed by atoms with van der Waals surface area (Å²) >= 11 is 0. The van der Waals surface area contributed by atoms with E-state index in [4.69, 9.17) is 4.74 Å². The summed E-state index contributed by atoms with van der Waals surface area (Å²) in [6, 6.07) is 3.11. The lowest BCUT2D eigenvalue weighted by Gasteiger charge is -2.62. The molecule has 188 valence electrons. The monoisotopic (exact) mass is 497 g/mol. The summed E-state index contributed by atoms with van der Waals surface area (Å²) in [7, 11) is 0. The summed E-state index contributed by atoms with van der Waals surface area (Å²) < 4.78 is 62.9. The highest BCUT2D eigenvalue weighted by molar-refractivity contribution is 5.54. The van der Waals surface area contributed by atoms with Crippen LogP contribution in [0, 0.1) is 5.92 Å². The molecule has 10 nitrogen and oxygen atoms in total. The third-order valence-corrected chi connectivity index (χ3v) is 7.06. The maximum atomic E-state index is 14.6. The molecular formula is C21H23F4N7O3. The molecule has 0 amide bonds. The average molecular weight is 497 g/mol. The van der Waals surface area contributed by atoms with E-state index in [9.17, 15) is 22.7 Å². The maximum Gasteiger partial charge on any atom is 0.574 e. The molecule has 4 atom stereocenters. The van der Waals surface area contributed by atoms with Crippen molar-refractivity contribution in [3.05, 3.63) is 30.2 Å². The van der Waals surface area contributed by atoms with E-state index < -0.39 is 30.9 Å². The smallest absolute Gasteiger partial charge is 0.386 e. The van der Waals surface area contributed by atoms with Crippen molar-refractivity contribution in [2.45, 2.75) is 68.6 Å². The van der Waals surface area contributed by atoms with Crippen LogP contribution < -0.4 is 15.4 Å². The van der Waals surface area contributed by atoms with E-state index in [0.29, 0.717) is 17.9 Å². The highest BCUT2D eigenvalue weighted by Crippen LogP contribution is 2.57. The topological polar surface area (TPSA) is 122 Å². The molecule has 0 aromatic carbocycles. The Kier molecular flexibility index (Phi) is 5.16.